The third-order valence-electron chi connectivity index (χ3n) is 2.87. The second-order valence-corrected chi connectivity index (χ2v) is 4.30. The van der Waals surface area contributed by atoms with Crippen LogP contribution in [0.1, 0.15) is 18.4 Å². The fourth-order valence-corrected chi connectivity index (χ4v) is 1.96. The lowest BCUT2D eigenvalue weighted by molar-refractivity contribution is -0.117. The van der Waals surface area contributed by atoms with Crippen LogP contribution in [-0.4, -0.2) is 25.0 Å². The Bertz CT molecular complexity index is 386. The van der Waals surface area contributed by atoms with Crippen molar-refractivity contribution in [1.29, 1.82) is 0 Å². The maximum absolute atomic E-state index is 11.7. The summed E-state index contributed by atoms with van der Waals surface area (Å²) >= 11 is 0. The van der Waals surface area contributed by atoms with E-state index in [2.05, 4.69) is 10.6 Å². The lowest BCUT2D eigenvalue weighted by Crippen LogP contribution is -2.45. The smallest absolute Gasteiger partial charge is 0.244 e. The Morgan fingerprint density at radius 2 is 2.11 bits per heavy atom. The number of hydrogen-bond acceptors (Lipinski definition) is 2. The summed E-state index contributed by atoms with van der Waals surface area (Å²) in [6, 6.07) is 10.1. The Balaban J connectivity index is 0.00000162. The van der Waals surface area contributed by atoms with Gasteiger partial charge in [0.2, 0.25) is 5.91 Å². The van der Waals surface area contributed by atoms with Crippen LogP contribution in [0.15, 0.2) is 36.4 Å². The SMILES string of the molecule is Cl.O=C(C=Cc1ccccc1)NC1CCCNC1. The number of benzene rings is 1. The summed E-state index contributed by atoms with van der Waals surface area (Å²) < 4.78 is 0. The highest BCUT2D eigenvalue weighted by Gasteiger charge is 2.13. The number of carbonyl (C=O) groups is 1. The minimum Gasteiger partial charge on any atom is -0.349 e. The van der Waals surface area contributed by atoms with Crippen LogP contribution in [0.2, 0.25) is 0 Å². The molecular formula is C14H19ClN2O. The molecule has 0 saturated carbocycles. The highest BCUT2D eigenvalue weighted by atomic mass is 35.5. The fraction of sp³-hybridized carbons (Fsp3) is 0.357. The number of halogens is 1. The zero-order valence-electron chi connectivity index (χ0n) is 10.3. The average Bonchev–Trinajstić information content (AvgIpc) is 2.39. The first-order chi connectivity index (χ1) is 8.34. The Labute approximate surface area is 114 Å². The summed E-state index contributed by atoms with van der Waals surface area (Å²) in [5.41, 5.74) is 1.05. The number of piperidine rings is 1. The van der Waals surface area contributed by atoms with Gasteiger partial charge in [0.15, 0.2) is 0 Å². The van der Waals surface area contributed by atoms with Gasteiger partial charge in [0.05, 0.1) is 0 Å². The standard InChI is InChI=1S/C14H18N2O.ClH/c17-14(16-13-7-4-10-15-11-13)9-8-12-5-2-1-3-6-12;/h1-3,5-6,8-9,13,15H,4,7,10-11H2,(H,16,17);1H. The van der Waals surface area contributed by atoms with E-state index < -0.39 is 0 Å². The highest BCUT2D eigenvalue weighted by Crippen LogP contribution is 2.03. The molecule has 1 unspecified atom stereocenters. The lowest BCUT2D eigenvalue weighted by atomic mass is 10.1. The van der Waals surface area contributed by atoms with E-state index in [4.69, 9.17) is 0 Å². The highest BCUT2D eigenvalue weighted by molar-refractivity contribution is 5.91. The number of rotatable bonds is 3. The lowest BCUT2D eigenvalue weighted by Gasteiger charge is -2.23. The molecule has 1 saturated heterocycles. The zero-order valence-corrected chi connectivity index (χ0v) is 11.1. The van der Waals surface area contributed by atoms with Crippen LogP contribution in [0.3, 0.4) is 0 Å². The van der Waals surface area contributed by atoms with Gasteiger partial charge in [-0.2, -0.15) is 0 Å². The molecule has 1 atom stereocenters. The summed E-state index contributed by atoms with van der Waals surface area (Å²) in [6.45, 7) is 1.94. The topological polar surface area (TPSA) is 41.1 Å². The average molecular weight is 267 g/mol. The largest absolute Gasteiger partial charge is 0.349 e. The molecule has 1 amide bonds. The monoisotopic (exact) mass is 266 g/mol. The molecule has 1 heterocycles. The van der Waals surface area contributed by atoms with E-state index in [9.17, 15) is 4.79 Å². The van der Waals surface area contributed by atoms with Gasteiger partial charge in [0, 0.05) is 18.7 Å². The van der Waals surface area contributed by atoms with E-state index in [0.29, 0.717) is 0 Å². The molecule has 3 nitrogen and oxygen atoms in total. The van der Waals surface area contributed by atoms with Crippen molar-refractivity contribution in [1.82, 2.24) is 10.6 Å². The van der Waals surface area contributed by atoms with Crippen molar-refractivity contribution in [2.24, 2.45) is 0 Å². The van der Waals surface area contributed by atoms with Crippen LogP contribution in [0.5, 0.6) is 0 Å². The normalized spacial score (nSPS) is 19.2. The predicted octanol–water partition coefficient (Wildman–Crippen LogP) is 1.99. The molecule has 0 aliphatic carbocycles. The van der Waals surface area contributed by atoms with Crippen molar-refractivity contribution in [3.63, 3.8) is 0 Å². The van der Waals surface area contributed by atoms with Gasteiger partial charge in [-0.15, -0.1) is 12.4 Å². The molecule has 18 heavy (non-hydrogen) atoms. The van der Waals surface area contributed by atoms with E-state index in [1.807, 2.05) is 36.4 Å². The van der Waals surface area contributed by atoms with Crippen molar-refractivity contribution < 1.29 is 4.79 Å². The molecule has 0 aromatic heterocycles. The van der Waals surface area contributed by atoms with Crippen LogP contribution in [0.25, 0.3) is 6.08 Å². The van der Waals surface area contributed by atoms with Gasteiger partial charge in [-0.05, 0) is 31.0 Å². The van der Waals surface area contributed by atoms with Crippen LogP contribution in [0, 0.1) is 0 Å². The summed E-state index contributed by atoms with van der Waals surface area (Å²) in [4.78, 5) is 11.7. The van der Waals surface area contributed by atoms with Gasteiger partial charge in [0.25, 0.3) is 0 Å². The van der Waals surface area contributed by atoms with Crippen molar-refractivity contribution in [2.75, 3.05) is 13.1 Å². The maximum Gasteiger partial charge on any atom is 0.244 e. The molecule has 0 radical (unpaired) electrons. The van der Waals surface area contributed by atoms with Crippen LogP contribution < -0.4 is 10.6 Å². The summed E-state index contributed by atoms with van der Waals surface area (Å²) in [7, 11) is 0. The van der Waals surface area contributed by atoms with Crippen molar-refractivity contribution >= 4 is 24.4 Å². The Morgan fingerprint density at radius 1 is 1.33 bits per heavy atom. The number of hydrogen-bond donors (Lipinski definition) is 2. The molecule has 2 rings (SSSR count). The van der Waals surface area contributed by atoms with Gasteiger partial charge in [0.1, 0.15) is 0 Å². The first-order valence-corrected chi connectivity index (χ1v) is 6.09. The molecular weight excluding hydrogens is 248 g/mol. The van der Waals surface area contributed by atoms with E-state index >= 15 is 0 Å². The molecule has 0 spiro atoms. The van der Waals surface area contributed by atoms with Crippen molar-refractivity contribution in [3.05, 3.63) is 42.0 Å². The zero-order chi connectivity index (χ0) is 11.9. The van der Waals surface area contributed by atoms with E-state index in [1.165, 1.54) is 0 Å². The molecule has 0 bridgehead atoms. The Hall–Kier alpha value is -1.32. The molecule has 1 aromatic carbocycles. The summed E-state index contributed by atoms with van der Waals surface area (Å²) in [5, 5.41) is 6.28. The minimum atomic E-state index is -0.0115. The predicted molar refractivity (Wildman–Crippen MR) is 76.8 cm³/mol. The number of carbonyl (C=O) groups excluding carboxylic acids is 1. The summed E-state index contributed by atoms with van der Waals surface area (Å²) in [6.07, 6.45) is 5.64. The maximum atomic E-state index is 11.7. The van der Waals surface area contributed by atoms with Crippen LogP contribution >= 0.6 is 12.4 Å². The van der Waals surface area contributed by atoms with E-state index in [1.54, 1.807) is 6.08 Å². The Morgan fingerprint density at radius 3 is 2.78 bits per heavy atom. The minimum absolute atomic E-state index is 0. The Kier molecular flexibility index (Phi) is 6.47. The van der Waals surface area contributed by atoms with Gasteiger partial charge in [-0.3, -0.25) is 4.79 Å². The third kappa shape index (κ3) is 4.90. The van der Waals surface area contributed by atoms with Gasteiger partial charge >= 0.3 is 0 Å². The molecule has 98 valence electrons. The first kappa shape index (κ1) is 14.7. The van der Waals surface area contributed by atoms with Crippen molar-refractivity contribution in [2.45, 2.75) is 18.9 Å². The quantitative estimate of drug-likeness (QED) is 0.822. The molecule has 4 heteroatoms. The molecule has 1 fully saturated rings. The molecule has 1 aliphatic rings. The van der Waals surface area contributed by atoms with Gasteiger partial charge < -0.3 is 10.6 Å². The first-order valence-electron chi connectivity index (χ1n) is 6.09. The fourth-order valence-electron chi connectivity index (χ4n) is 1.96. The second kappa shape index (κ2) is 7.90. The summed E-state index contributed by atoms with van der Waals surface area (Å²) in [5.74, 6) is -0.0115. The number of amides is 1. The molecule has 2 N–H and O–H groups in total. The van der Waals surface area contributed by atoms with Crippen molar-refractivity contribution in [3.8, 4) is 0 Å². The van der Waals surface area contributed by atoms with E-state index in [-0.39, 0.29) is 24.4 Å². The van der Waals surface area contributed by atoms with Crippen LogP contribution in [0.4, 0.5) is 0 Å². The van der Waals surface area contributed by atoms with E-state index in [0.717, 1.165) is 31.5 Å². The molecule has 1 aliphatic heterocycles. The van der Waals surface area contributed by atoms with Gasteiger partial charge in [-0.25, -0.2) is 0 Å². The third-order valence-corrected chi connectivity index (χ3v) is 2.87. The second-order valence-electron chi connectivity index (χ2n) is 4.30. The molecule has 1 aromatic rings. The number of nitrogens with one attached hydrogen (secondary N) is 2. The van der Waals surface area contributed by atoms with Gasteiger partial charge in [-0.1, -0.05) is 30.3 Å². The van der Waals surface area contributed by atoms with Crippen LogP contribution in [-0.2, 0) is 4.79 Å².